The summed E-state index contributed by atoms with van der Waals surface area (Å²) in [7, 11) is 1.45. The second kappa shape index (κ2) is 9.41. The summed E-state index contributed by atoms with van der Waals surface area (Å²) in [5.41, 5.74) is 7.45. The summed E-state index contributed by atoms with van der Waals surface area (Å²) in [6.45, 7) is 0.0712. The van der Waals surface area contributed by atoms with Crippen LogP contribution in [0.15, 0.2) is 48.2 Å². The minimum Gasteiger partial charge on any atom is -0.498 e. The van der Waals surface area contributed by atoms with Crippen LogP contribution in [0.3, 0.4) is 0 Å². The molecule has 1 aliphatic heterocycles. The number of amidine groups is 1. The van der Waals surface area contributed by atoms with Crippen LogP contribution in [0.4, 0.5) is 10.1 Å². The Balaban J connectivity index is 0.00000320. The Labute approximate surface area is 178 Å². The van der Waals surface area contributed by atoms with E-state index in [1.807, 2.05) is 0 Å². The molecule has 1 heterocycles. The van der Waals surface area contributed by atoms with Crippen molar-refractivity contribution < 1.29 is 23.8 Å². The lowest BCUT2D eigenvalue weighted by molar-refractivity contribution is -0.137. The Morgan fingerprint density at radius 2 is 1.93 bits per heavy atom. The molecule has 0 aliphatic carbocycles. The van der Waals surface area contributed by atoms with Gasteiger partial charge in [0.2, 0.25) is 0 Å². The Morgan fingerprint density at radius 3 is 2.47 bits per heavy atom. The molecule has 158 valence electrons. The zero-order valence-electron chi connectivity index (χ0n) is 16.1. The molecule has 4 N–H and O–H groups in total. The Kier molecular flexibility index (Phi) is 7.18. The zero-order valence-corrected chi connectivity index (χ0v) is 17.0. The Hall–Kier alpha value is -3.39. The second-order valence-electron chi connectivity index (χ2n) is 6.56. The standard InChI is InChI=1S/C21H20FN3O4.ClH/c1-29-17-11-25(16-8-7-14(20(23)24)10-15(16)22)21(28)19(17)13-5-2-12(3-6-13)4-9-18(26)27;/h2-3,5-8,10H,4,9,11H2,1H3,(H3,23,24)(H,26,27);1H. The molecular formula is C21H21ClFN3O4. The predicted octanol–water partition coefficient (Wildman–Crippen LogP) is 2.95. The molecule has 1 aliphatic rings. The highest BCUT2D eigenvalue weighted by Crippen LogP contribution is 2.33. The van der Waals surface area contributed by atoms with Crippen LogP contribution in [0, 0.1) is 11.2 Å². The van der Waals surface area contributed by atoms with Crippen LogP contribution in [-0.2, 0) is 20.7 Å². The van der Waals surface area contributed by atoms with Crippen molar-refractivity contribution in [2.45, 2.75) is 12.8 Å². The summed E-state index contributed by atoms with van der Waals surface area (Å²) in [4.78, 5) is 25.0. The van der Waals surface area contributed by atoms with Crippen molar-refractivity contribution in [1.82, 2.24) is 0 Å². The molecule has 0 fully saturated rings. The molecule has 0 saturated carbocycles. The van der Waals surface area contributed by atoms with Gasteiger partial charge in [0.15, 0.2) is 0 Å². The molecule has 0 bridgehead atoms. The lowest BCUT2D eigenvalue weighted by Gasteiger charge is -2.18. The summed E-state index contributed by atoms with van der Waals surface area (Å²) in [6.07, 6.45) is 0.410. The molecule has 0 radical (unpaired) electrons. The summed E-state index contributed by atoms with van der Waals surface area (Å²) in [5, 5.41) is 16.2. The van der Waals surface area contributed by atoms with E-state index < -0.39 is 17.7 Å². The number of aliphatic carboxylic acids is 1. The maximum atomic E-state index is 14.5. The number of carboxylic acids is 1. The fourth-order valence-corrected chi connectivity index (χ4v) is 3.18. The fraction of sp³-hybridized carbons (Fsp3) is 0.190. The van der Waals surface area contributed by atoms with E-state index in [1.165, 1.54) is 24.1 Å². The molecule has 0 unspecified atom stereocenters. The maximum Gasteiger partial charge on any atom is 0.303 e. The molecule has 30 heavy (non-hydrogen) atoms. The van der Waals surface area contributed by atoms with Crippen LogP contribution < -0.4 is 10.6 Å². The smallest absolute Gasteiger partial charge is 0.303 e. The van der Waals surface area contributed by atoms with Gasteiger partial charge in [-0.2, -0.15) is 0 Å². The number of rotatable bonds is 7. The van der Waals surface area contributed by atoms with Crippen LogP contribution in [0.25, 0.3) is 5.57 Å². The third-order valence-electron chi connectivity index (χ3n) is 4.71. The molecule has 0 atom stereocenters. The molecule has 0 aromatic heterocycles. The Bertz CT molecular complexity index is 1020. The van der Waals surface area contributed by atoms with E-state index in [1.54, 1.807) is 24.3 Å². The van der Waals surface area contributed by atoms with E-state index in [0.29, 0.717) is 23.3 Å². The fourth-order valence-electron chi connectivity index (χ4n) is 3.18. The molecule has 0 saturated heterocycles. The second-order valence-corrected chi connectivity index (χ2v) is 6.56. The minimum atomic E-state index is -0.877. The normalized spacial score (nSPS) is 13.3. The van der Waals surface area contributed by atoms with Crippen LogP contribution in [0.5, 0.6) is 0 Å². The predicted molar refractivity (Wildman–Crippen MR) is 113 cm³/mol. The first-order valence-electron chi connectivity index (χ1n) is 8.86. The van der Waals surface area contributed by atoms with Crippen molar-refractivity contribution in [3.63, 3.8) is 0 Å². The summed E-state index contributed by atoms with van der Waals surface area (Å²) in [6, 6.07) is 11.0. The highest BCUT2D eigenvalue weighted by atomic mass is 35.5. The molecule has 2 aromatic rings. The average molecular weight is 434 g/mol. The van der Waals surface area contributed by atoms with E-state index in [2.05, 4.69) is 0 Å². The number of hydrogen-bond acceptors (Lipinski definition) is 4. The molecule has 3 rings (SSSR count). The number of ether oxygens (including phenoxy) is 1. The minimum absolute atomic E-state index is 0. The number of methoxy groups -OCH3 is 1. The van der Waals surface area contributed by atoms with Crippen molar-refractivity contribution in [2.24, 2.45) is 5.73 Å². The van der Waals surface area contributed by atoms with Crippen molar-refractivity contribution >= 4 is 41.4 Å². The number of nitrogen functional groups attached to an aromatic ring is 1. The van der Waals surface area contributed by atoms with Gasteiger partial charge in [0.25, 0.3) is 5.91 Å². The van der Waals surface area contributed by atoms with Crippen molar-refractivity contribution in [2.75, 3.05) is 18.6 Å². The SMILES string of the molecule is COC1=C(c2ccc(CCC(=O)O)cc2)C(=O)N(c2ccc(C(=N)N)cc2F)C1.Cl. The van der Waals surface area contributed by atoms with Gasteiger partial charge in [0.05, 0.1) is 24.9 Å². The number of nitrogens with one attached hydrogen (secondary N) is 1. The zero-order chi connectivity index (χ0) is 21.1. The largest absolute Gasteiger partial charge is 0.498 e. The maximum absolute atomic E-state index is 14.5. The van der Waals surface area contributed by atoms with Gasteiger partial charge in [-0.15, -0.1) is 12.4 Å². The highest BCUT2D eigenvalue weighted by Gasteiger charge is 2.34. The molecule has 9 heteroatoms. The van der Waals surface area contributed by atoms with Crippen LogP contribution in [0.2, 0.25) is 0 Å². The lowest BCUT2D eigenvalue weighted by atomic mass is 10.0. The number of benzene rings is 2. The number of halogens is 2. The topological polar surface area (TPSA) is 117 Å². The van der Waals surface area contributed by atoms with Gasteiger partial charge in [-0.1, -0.05) is 24.3 Å². The number of nitrogens with zero attached hydrogens (tertiary/aromatic N) is 1. The molecule has 2 aromatic carbocycles. The number of carbonyl (C=O) groups excluding carboxylic acids is 1. The van der Waals surface area contributed by atoms with Gasteiger partial charge in [0, 0.05) is 12.0 Å². The van der Waals surface area contributed by atoms with Crippen molar-refractivity contribution in [3.8, 4) is 0 Å². The van der Waals surface area contributed by atoms with Crippen LogP contribution in [-0.4, -0.2) is 36.5 Å². The van der Waals surface area contributed by atoms with Gasteiger partial charge >= 0.3 is 5.97 Å². The first-order valence-corrected chi connectivity index (χ1v) is 8.86. The molecular weight excluding hydrogens is 413 g/mol. The first-order chi connectivity index (χ1) is 13.8. The van der Waals surface area contributed by atoms with Gasteiger partial charge in [-0.05, 0) is 35.7 Å². The first kappa shape index (κ1) is 22.9. The number of carbonyl (C=O) groups is 2. The van der Waals surface area contributed by atoms with Crippen molar-refractivity contribution in [1.29, 1.82) is 5.41 Å². The van der Waals surface area contributed by atoms with E-state index in [9.17, 15) is 14.0 Å². The van der Waals surface area contributed by atoms with E-state index >= 15 is 0 Å². The van der Waals surface area contributed by atoms with Gasteiger partial charge in [0.1, 0.15) is 17.4 Å². The summed E-state index contributed by atoms with van der Waals surface area (Å²) >= 11 is 0. The van der Waals surface area contributed by atoms with E-state index in [-0.39, 0.29) is 42.5 Å². The molecule has 0 spiro atoms. The monoisotopic (exact) mass is 433 g/mol. The van der Waals surface area contributed by atoms with Crippen LogP contribution in [0.1, 0.15) is 23.1 Å². The molecule has 1 amide bonds. The quantitative estimate of drug-likeness (QED) is 0.458. The van der Waals surface area contributed by atoms with Gasteiger partial charge in [-0.25, -0.2) is 4.39 Å². The van der Waals surface area contributed by atoms with Crippen LogP contribution >= 0.6 is 12.4 Å². The number of anilines is 1. The summed E-state index contributed by atoms with van der Waals surface area (Å²) in [5.74, 6) is -1.80. The summed E-state index contributed by atoms with van der Waals surface area (Å²) < 4.78 is 19.9. The van der Waals surface area contributed by atoms with E-state index in [0.717, 1.165) is 11.6 Å². The number of nitrogens with two attached hydrogens (primary N) is 1. The third kappa shape index (κ3) is 4.60. The Morgan fingerprint density at radius 1 is 1.27 bits per heavy atom. The third-order valence-corrected chi connectivity index (χ3v) is 4.71. The average Bonchev–Trinajstić information content (AvgIpc) is 3.02. The van der Waals surface area contributed by atoms with Gasteiger partial charge < -0.3 is 15.6 Å². The van der Waals surface area contributed by atoms with Crippen molar-refractivity contribution in [3.05, 3.63) is 70.7 Å². The lowest BCUT2D eigenvalue weighted by Crippen LogP contribution is -2.28. The molecule has 7 nitrogen and oxygen atoms in total. The number of aryl methyl sites for hydroxylation is 1. The van der Waals surface area contributed by atoms with Gasteiger partial charge in [-0.3, -0.25) is 19.9 Å². The van der Waals surface area contributed by atoms with E-state index in [4.69, 9.17) is 21.0 Å². The number of hydrogen-bond donors (Lipinski definition) is 3. The number of carboxylic acid groups (broad SMARTS) is 1. The number of amides is 1. The highest BCUT2D eigenvalue weighted by molar-refractivity contribution is 6.29.